The molecule has 1 N–H and O–H groups in total. The van der Waals surface area contributed by atoms with Crippen molar-refractivity contribution in [1.82, 2.24) is 4.90 Å². The van der Waals surface area contributed by atoms with Gasteiger partial charge in [0, 0.05) is 19.8 Å². The third kappa shape index (κ3) is 2.62. The van der Waals surface area contributed by atoms with Gasteiger partial charge in [-0.05, 0) is 13.3 Å². The molecule has 0 radical (unpaired) electrons. The molecule has 0 aromatic heterocycles. The smallest absolute Gasteiger partial charge is 0.333 e. The monoisotopic (exact) mass is 157 g/mol. The molecule has 0 aliphatic carbocycles. The predicted octanol–water partition coefficient (Wildman–Crippen LogP) is 1.32. The van der Waals surface area contributed by atoms with Crippen LogP contribution < -0.4 is 0 Å². The first-order valence-corrected chi connectivity index (χ1v) is 3.61. The lowest BCUT2D eigenvalue weighted by Gasteiger charge is -2.15. The van der Waals surface area contributed by atoms with Crippen molar-refractivity contribution in [2.75, 3.05) is 14.1 Å². The van der Waals surface area contributed by atoms with Gasteiger partial charge in [-0.15, -0.1) is 0 Å². The van der Waals surface area contributed by atoms with Gasteiger partial charge in [0.1, 0.15) is 0 Å². The molecule has 0 atom stereocenters. The van der Waals surface area contributed by atoms with Crippen LogP contribution in [-0.4, -0.2) is 30.1 Å². The zero-order chi connectivity index (χ0) is 9.02. The lowest BCUT2D eigenvalue weighted by Crippen LogP contribution is -2.14. The van der Waals surface area contributed by atoms with Crippen molar-refractivity contribution in [3.8, 4) is 0 Å². The second-order valence-corrected chi connectivity index (χ2v) is 2.62. The molecule has 0 amide bonds. The van der Waals surface area contributed by atoms with Crippen LogP contribution in [0.5, 0.6) is 0 Å². The summed E-state index contributed by atoms with van der Waals surface area (Å²) in [5, 5.41) is 8.71. The van der Waals surface area contributed by atoms with Crippen LogP contribution in [0.2, 0.25) is 0 Å². The van der Waals surface area contributed by atoms with Crippen molar-refractivity contribution in [3.63, 3.8) is 0 Å². The van der Waals surface area contributed by atoms with Gasteiger partial charge in [0.15, 0.2) is 0 Å². The van der Waals surface area contributed by atoms with Crippen LogP contribution in [0.3, 0.4) is 0 Å². The van der Waals surface area contributed by atoms with Crippen LogP contribution in [0.4, 0.5) is 0 Å². The predicted molar refractivity (Wildman–Crippen MR) is 44.3 cm³/mol. The van der Waals surface area contributed by atoms with E-state index in [-0.39, 0.29) is 0 Å². The Balaban J connectivity index is 4.68. The number of hydrogen-bond donors (Lipinski definition) is 1. The summed E-state index contributed by atoms with van der Waals surface area (Å²) in [6, 6.07) is 0. The summed E-state index contributed by atoms with van der Waals surface area (Å²) in [6.07, 6.45) is 0.569. The molecule has 0 aromatic carbocycles. The van der Waals surface area contributed by atoms with Crippen LogP contribution in [0.1, 0.15) is 20.3 Å². The molecule has 0 aromatic rings. The molecule has 0 aliphatic heterocycles. The molecule has 0 spiro atoms. The zero-order valence-electron chi connectivity index (χ0n) is 7.51. The molecule has 0 bridgehead atoms. The normalized spacial score (nSPS) is 12.4. The van der Waals surface area contributed by atoms with E-state index in [0.29, 0.717) is 12.0 Å². The van der Waals surface area contributed by atoms with E-state index in [1.165, 1.54) is 0 Å². The molecular formula is C8H15NO2. The van der Waals surface area contributed by atoms with E-state index in [1.54, 1.807) is 0 Å². The number of carboxylic acids is 1. The van der Waals surface area contributed by atoms with E-state index in [2.05, 4.69) is 0 Å². The standard InChI is InChI=1S/C8H15NO2/c1-5-7(8(10)11)6(2)9(3)4/h5H2,1-4H3,(H,10,11)/b7-6-. The lowest BCUT2D eigenvalue weighted by molar-refractivity contribution is -0.132. The summed E-state index contributed by atoms with van der Waals surface area (Å²) in [5.41, 5.74) is 1.30. The lowest BCUT2D eigenvalue weighted by atomic mass is 10.1. The van der Waals surface area contributed by atoms with Crippen molar-refractivity contribution >= 4 is 5.97 Å². The maximum atomic E-state index is 10.6. The Kier molecular flexibility index (Phi) is 3.65. The highest BCUT2D eigenvalue weighted by Gasteiger charge is 2.09. The number of carbonyl (C=O) groups is 1. The maximum Gasteiger partial charge on any atom is 0.333 e. The third-order valence-corrected chi connectivity index (χ3v) is 1.72. The molecule has 0 fully saturated rings. The van der Waals surface area contributed by atoms with Gasteiger partial charge in [0.25, 0.3) is 0 Å². The van der Waals surface area contributed by atoms with Crippen molar-refractivity contribution in [1.29, 1.82) is 0 Å². The van der Waals surface area contributed by atoms with E-state index in [0.717, 1.165) is 5.70 Å². The summed E-state index contributed by atoms with van der Waals surface area (Å²) < 4.78 is 0. The highest BCUT2D eigenvalue weighted by atomic mass is 16.4. The quantitative estimate of drug-likeness (QED) is 0.628. The molecular weight excluding hydrogens is 142 g/mol. The van der Waals surface area contributed by atoms with Crippen molar-refractivity contribution < 1.29 is 9.90 Å². The second-order valence-electron chi connectivity index (χ2n) is 2.62. The zero-order valence-corrected chi connectivity index (χ0v) is 7.51. The summed E-state index contributed by atoms with van der Waals surface area (Å²) in [7, 11) is 3.68. The molecule has 3 nitrogen and oxygen atoms in total. The van der Waals surface area contributed by atoms with E-state index in [4.69, 9.17) is 5.11 Å². The number of rotatable bonds is 3. The van der Waals surface area contributed by atoms with Crippen LogP contribution >= 0.6 is 0 Å². The van der Waals surface area contributed by atoms with E-state index >= 15 is 0 Å². The van der Waals surface area contributed by atoms with Gasteiger partial charge >= 0.3 is 5.97 Å². The summed E-state index contributed by atoms with van der Waals surface area (Å²) in [4.78, 5) is 12.4. The average Bonchev–Trinajstić information content (AvgIpc) is 1.88. The van der Waals surface area contributed by atoms with Gasteiger partial charge < -0.3 is 10.0 Å². The minimum atomic E-state index is -0.821. The van der Waals surface area contributed by atoms with E-state index < -0.39 is 5.97 Å². The fourth-order valence-electron chi connectivity index (χ4n) is 0.832. The Morgan fingerprint density at radius 1 is 1.45 bits per heavy atom. The molecule has 0 saturated carbocycles. The van der Waals surface area contributed by atoms with Crippen LogP contribution in [-0.2, 0) is 4.79 Å². The molecule has 0 aliphatic rings. The summed E-state index contributed by atoms with van der Waals surface area (Å²) in [5.74, 6) is -0.821. The highest BCUT2D eigenvalue weighted by molar-refractivity contribution is 5.87. The molecule has 0 unspecified atom stereocenters. The fourth-order valence-corrected chi connectivity index (χ4v) is 0.832. The minimum absolute atomic E-state index is 0.481. The Bertz CT molecular complexity index is 183. The first-order valence-electron chi connectivity index (χ1n) is 3.61. The van der Waals surface area contributed by atoms with Crippen molar-refractivity contribution in [3.05, 3.63) is 11.3 Å². The Morgan fingerprint density at radius 3 is 2.00 bits per heavy atom. The van der Waals surface area contributed by atoms with Gasteiger partial charge in [-0.1, -0.05) is 6.92 Å². The first kappa shape index (κ1) is 10.0. The van der Waals surface area contributed by atoms with Crippen LogP contribution in [0, 0.1) is 0 Å². The fraction of sp³-hybridized carbons (Fsp3) is 0.625. The Hall–Kier alpha value is -0.990. The van der Waals surface area contributed by atoms with Gasteiger partial charge in [-0.25, -0.2) is 4.79 Å². The molecule has 3 heteroatoms. The SMILES string of the molecule is CC/C(C(=O)O)=C(\C)N(C)C. The van der Waals surface area contributed by atoms with Crippen LogP contribution in [0.15, 0.2) is 11.3 Å². The van der Waals surface area contributed by atoms with Crippen LogP contribution in [0.25, 0.3) is 0 Å². The van der Waals surface area contributed by atoms with E-state index in [9.17, 15) is 4.79 Å². The van der Waals surface area contributed by atoms with E-state index in [1.807, 2.05) is 32.8 Å². The molecule has 0 heterocycles. The maximum absolute atomic E-state index is 10.6. The molecule has 11 heavy (non-hydrogen) atoms. The number of hydrogen-bond acceptors (Lipinski definition) is 2. The summed E-state index contributed by atoms with van der Waals surface area (Å²) >= 11 is 0. The van der Waals surface area contributed by atoms with Gasteiger partial charge in [-0.3, -0.25) is 0 Å². The minimum Gasteiger partial charge on any atom is -0.478 e. The molecule has 64 valence electrons. The van der Waals surface area contributed by atoms with Gasteiger partial charge in [-0.2, -0.15) is 0 Å². The van der Waals surface area contributed by atoms with Gasteiger partial charge in [0.2, 0.25) is 0 Å². The average molecular weight is 157 g/mol. The second kappa shape index (κ2) is 4.01. The highest BCUT2D eigenvalue weighted by Crippen LogP contribution is 2.09. The Morgan fingerprint density at radius 2 is 1.91 bits per heavy atom. The van der Waals surface area contributed by atoms with Crippen molar-refractivity contribution in [2.24, 2.45) is 0 Å². The number of aliphatic carboxylic acids is 1. The summed E-state index contributed by atoms with van der Waals surface area (Å²) in [6.45, 7) is 3.66. The first-order chi connectivity index (χ1) is 5.00. The molecule has 0 saturated heterocycles. The number of allylic oxidation sites excluding steroid dienone is 1. The van der Waals surface area contributed by atoms with Crippen molar-refractivity contribution in [2.45, 2.75) is 20.3 Å². The largest absolute Gasteiger partial charge is 0.478 e. The number of nitrogens with zero attached hydrogens (tertiary/aromatic N) is 1. The number of carboxylic acid groups (broad SMARTS) is 1. The molecule has 0 rings (SSSR count). The Labute approximate surface area is 67.3 Å². The van der Waals surface area contributed by atoms with Gasteiger partial charge in [0.05, 0.1) is 5.57 Å². The topological polar surface area (TPSA) is 40.5 Å². The third-order valence-electron chi connectivity index (χ3n) is 1.72.